The highest BCUT2D eigenvalue weighted by Crippen LogP contribution is 2.26. The van der Waals surface area contributed by atoms with Crippen LogP contribution in [0.5, 0.6) is 0 Å². The van der Waals surface area contributed by atoms with Crippen LogP contribution in [0.25, 0.3) is 0 Å². The van der Waals surface area contributed by atoms with Crippen molar-refractivity contribution in [2.45, 2.75) is 36.6 Å². The van der Waals surface area contributed by atoms with Gasteiger partial charge in [-0.15, -0.1) is 11.8 Å². The lowest BCUT2D eigenvalue weighted by molar-refractivity contribution is 0.268. The van der Waals surface area contributed by atoms with Gasteiger partial charge in [-0.1, -0.05) is 25.5 Å². The maximum Gasteiger partial charge on any atom is 0.239 e. The summed E-state index contributed by atoms with van der Waals surface area (Å²) in [5.41, 5.74) is 0.162. The van der Waals surface area contributed by atoms with Crippen LogP contribution in [0.3, 0.4) is 0 Å². The predicted octanol–water partition coefficient (Wildman–Crippen LogP) is 2.99. The molecule has 0 radical (unpaired) electrons. The molecule has 1 heterocycles. The van der Waals surface area contributed by atoms with Crippen molar-refractivity contribution >= 4 is 33.6 Å². The molecular weight excluding hydrogens is 410 g/mol. The van der Waals surface area contributed by atoms with Gasteiger partial charge in [0.05, 0.1) is 18.9 Å². The molecule has 0 aliphatic heterocycles. The lowest BCUT2D eigenvalue weighted by Crippen LogP contribution is -2.24. The minimum Gasteiger partial charge on any atom is -0.394 e. The number of halogens is 2. The number of aliphatic hydroxyl groups excluding tert-OH is 1. The van der Waals surface area contributed by atoms with Gasteiger partial charge in [0, 0.05) is 17.4 Å². The SMILES string of the molecule is CCC[C@H](CO)Nc1cc(SCc2cccc(F)c2F)nc(NS(C)(=O)=O)n1. The van der Waals surface area contributed by atoms with E-state index in [4.69, 9.17) is 0 Å². The Kier molecular flexibility index (Phi) is 7.96. The fourth-order valence-corrected chi connectivity index (χ4v) is 3.66. The zero-order chi connectivity index (χ0) is 20.7. The summed E-state index contributed by atoms with van der Waals surface area (Å²) in [5.74, 6) is -1.61. The Bertz CT molecular complexity index is 913. The molecule has 1 atom stereocenters. The molecule has 3 N–H and O–H groups in total. The number of hydrogen-bond donors (Lipinski definition) is 3. The molecule has 11 heteroatoms. The van der Waals surface area contributed by atoms with Crippen molar-refractivity contribution in [3.05, 3.63) is 41.5 Å². The molecule has 0 bridgehead atoms. The van der Waals surface area contributed by atoms with Crippen LogP contribution in [0, 0.1) is 11.6 Å². The molecule has 0 spiro atoms. The Hall–Kier alpha value is -1.98. The summed E-state index contributed by atoms with van der Waals surface area (Å²) in [6.45, 7) is 1.85. The third-order valence-corrected chi connectivity index (χ3v) is 5.11. The Morgan fingerprint density at radius 3 is 2.68 bits per heavy atom. The average Bonchev–Trinajstić information content (AvgIpc) is 2.61. The van der Waals surface area contributed by atoms with Gasteiger partial charge in [-0.2, -0.15) is 4.98 Å². The van der Waals surface area contributed by atoms with Crippen LogP contribution >= 0.6 is 11.8 Å². The topological polar surface area (TPSA) is 104 Å². The number of aliphatic hydroxyl groups is 1. The van der Waals surface area contributed by atoms with Gasteiger partial charge in [0.1, 0.15) is 10.8 Å². The smallest absolute Gasteiger partial charge is 0.239 e. The van der Waals surface area contributed by atoms with Gasteiger partial charge in [0.2, 0.25) is 16.0 Å². The van der Waals surface area contributed by atoms with Crippen molar-refractivity contribution in [1.29, 1.82) is 0 Å². The number of sulfonamides is 1. The number of aromatic nitrogens is 2. The molecule has 0 amide bonds. The van der Waals surface area contributed by atoms with E-state index in [0.717, 1.165) is 30.5 Å². The van der Waals surface area contributed by atoms with Crippen molar-refractivity contribution in [1.82, 2.24) is 9.97 Å². The van der Waals surface area contributed by atoms with Crippen molar-refractivity contribution in [2.24, 2.45) is 0 Å². The molecule has 0 unspecified atom stereocenters. The van der Waals surface area contributed by atoms with Crippen LogP contribution in [0.15, 0.2) is 29.3 Å². The number of anilines is 2. The summed E-state index contributed by atoms with van der Waals surface area (Å²) in [7, 11) is -3.61. The molecule has 154 valence electrons. The second-order valence-electron chi connectivity index (χ2n) is 6.10. The van der Waals surface area contributed by atoms with Crippen molar-refractivity contribution < 1.29 is 22.3 Å². The molecule has 0 saturated carbocycles. The highest BCUT2D eigenvalue weighted by atomic mass is 32.2. The monoisotopic (exact) mass is 432 g/mol. The first-order chi connectivity index (χ1) is 13.2. The van der Waals surface area contributed by atoms with Gasteiger partial charge in [0.25, 0.3) is 0 Å². The van der Waals surface area contributed by atoms with E-state index in [1.165, 1.54) is 12.1 Å². The molecule has 7 nitrogen and oxygen atoms in total. The minimum absolute atomic E-state index is 0.0940. The first-order valence-corrected chi connectivity index (χ1v) is 11.4. The Balaban J connectivity index is 2.26. The third-order valence-electron chi connectivity index (χ3n) is 3.60. The van der Waals surface area contributed by atoms with Crippen molar-refractivity contribution in [3.8, 4) is 0 Å². The Morgan fingerprint density at radius 1 is 1.29 bits per heavy atom. The van der Waals surface area contributed by atoms with Crippen molar-refractivity contribution in [3.63, 3.8) is 0 Å². The van der Waals surface area contributed by atoms with Crippen LogP contribution < -0.4 is 10.0 Å². The number of nitrogens with one attached hydrogen (secondary N) is 2. The van der Waals surface area contributed by atoms with E-state index >= 15 is 0 Å². The molecular formula is C17H22F2N4O3S2. The van der Waals surface area contributed by atoms with Crippen molar-refractivity contribution in [2.75, 3.05) is 22.9 Å². The highest BCUT2D eigenvalue weighted by molar-refractivity contribution is 7.98. The largest absolute Gasteiger partial charge is 0.394 e. The first kappa shape index (κ1) is 22.3. The fourth-order valence-electron chi connectivity index (χ4n) is 2.36. The van der Waals surface area contributed by atoms with E-state index in [-0.39, 0.29) is 29.9 Å². The number of thioether (sulfide) groups is 1. The number of benzene rings is 1. The molecule has 0 aliphatic rings. The lowest BCUT2D eigenvalue weighted by atomic mass is 10.2. The number of hydrogen-bond acceptors (Lipinski definition) is 7. The summed E-state index contributed by atoms with van der Waals surface area (Å²) in [5, 5.41) is 12.8. The van der Waals surface area contributed by atoms with Gasteiger partial charge in [-0.05, 0) is 12.5 Å². The standard InChI is InChI=1S/C17H22F2N4O3S2/c1-3-5-12(9-24)20-14-8-15(22-17(21-14)23-28(2,25)26)27-10-11-6-4-7-13(18)16(11)19/h4,6-8,12,24H,3,5,9-10H2,1-2H3,(H2,20,21,22,23)/t12-/m1/s1. The zero-order valence-corrected chi connectivity index (χ0v) is 17.1. The van der Waals surface area contributed by atoms with Crippen LogP contribution in [-0.4, -0.2) is 42.4 Å². The molecule has 0 fully saturated rings. The van der Waals surface area contributed by atoms with Crippen LogP contribution in [0.2, 0.25) is 0 Å². The third kappa shape index (κ3) is 6.88. The summed E-state index contributed by atoms with van der Waals surface area (Å²) in [6.07, 6.45) is 2.49. The van der Waals surface area contributed by atoms with Gasteiger partial charge in [-0.3, -0.25) is 4.72 Å². The molecule has 28 heavy (non-hydrogen) atoms. The van der Waals surface area contributed by atoms with E-state index < -0.39 is 21.7 Å². The molecule has 0 saturated heterocycles. The van der Waals surface area contributed by atoms with E-state index in [2.05, 4.69) is 20.0 Å². The Labute approximate surface area is 167 Å². The van der Waals surface area contributed by atoms with Gasteiger partial charge in [0.15, 0.2) is 11.6 Å². The molecule has 2 aromatic rings. The fraction of sp³-hybridized carbons (Fsp3) is 0.412. The summed E-state index contributed by atoms with van der Waals surface area (Å²) >= 11 is 1.10. The molecule has 0 aliphatic carbocycles. The molecule has 2 rings (SSSR count). The van der Waals surface area contributed by atoms with Crippen LogP contribution in [0.1, 0.15) is 25.3 Å². The minimum atomic E-state index is -3.61. The van der Waals surface area contributed by atoms with Gasteiger partial charge >= 0.3 is 0 Å². The second kappa shape index (κ2) is 9.99. The molecule has 1 aromatic carbocycles. The lowest BCUT2D eigenvalue weighted by Gasteiger charge is -2.17. The van der Waals surface area contributed by atoms with E-state index in [1.807, 2.05) is 6.92 Å². The van der Waals surface area contributed by atoms with Crippen LogP contribution in [-0.2, 0) is 15.8 Å². The highest BCUT2D eigenvalue weighted by Gasteiger charge is 2.14. The van der Waals surface area contributed by atoms with E-state index in [9.17, 15) is 22.3 Å². The first-order valence-electron chi connectivity index (χ1n) is 8.51. The Morgan fingerprint density at radius 2 is 2.04 bits per heavy atom. The molecule has 1 aromatic heterocycles. The maximum absolute atomic E-state index is 13.8. The number of rotatable bonds is 10. The summed E-state index contributed by atoms with van der Waals surface area (Å²) < 4.78 is 52.4. The van der Waals surface area contributed by atoms with Gasteiger partial charge in [-0.25, -0.2) is 22.2 Å². The maximum atomic E-state index is 13.8. The average molecular weight is 433 g/mol. The second-order valence-corrected chi connectivity index (χ2v) is 8.85. The van der Waals surface area contributed by atoms with E-state index in [0.29, 0.717) is 17.3 Å². The van der Waals surface area contributed by atoms with E-state index in [1.54, 1.807) is 6.07 Å². The number of nitrogens with zero attached hydrogens (tertiary/aromatic N) is 2. The van der Waals surface area contributed by atoms with Crippen LogP contribution in [0.4, 0.5) is 20.5 Å². The zero-order valence-electron chi connectivity index (χ0n) is 15.4. The quantitative estimate of drug-likeness (QED) is 0.392. The normalized spacial score (nSPS) is 12.6. The summed E-state index contributed by atoms with van der Waals surface area (Å²) in [6, 6.07) is 5.21. The predicted molar refractivity (Wildman–Crippen MR) is 106 cm³/mol. The summed E-state index contributed by atoms with van der Waals surface area (Å²) in [4.78, 5) is 8.21. The van der Waals surface area contributed by atoms with Gasteiger partial charge < -0.3 is 10.4 Å².